The molecule has 0 N–H and O–H groups in total. The molecule has 0 saturated carbocycles. The van der Waals surface area contributed by atoms with Crippen LogP contribution in [0, 0.1) is 0 Å². The molecule has 1 aromatic rings. The number of methoxy groups -OCH3 is 1. The number of likely N-dealkylation sites (tertiary alicyclic amines) is 1. The van der Waals surface area contributed by atoms with Crippen molar-refractivity contribution in [2.45, 2.75) is 32.4 Å². The van der Waals surface area contributed by atoms with Crippen LogP contribution < -0.4 is 4.74 Å². The topological polar surface area (TPSA) is 51.7 Å². The molecule has 1 fully saturated rings. The number of ether oxygens (including phenoxy) is 2. The molecule has 1 unspecified atom stereocenters. The Labute approximate surface area is 113 Å². The van der Waals surface area contributed by atoms with Gasteiger partial charge in [-0.05, 0) is 32.4 Å². The number of pyridine rings is 1. The molecule has 104 valence electrons. The Bertz CT molecular complexity index is 431. The maximum Gasteiger partial charge on any atom is 0.272 e. The number of hydrogen-bond donors (Lipinski definition) is 0. The SMILES string of the molecule is COCC1CCN1C(=O)c1ccc(OC(C)C)cn1. The lowest BCUT2D eigenvalue weighted by Crippen LogP contribution is -2.53. The van der Waals surface area contributed by atoms with Gasteiger partial charge in [0.15, 0.2) is 0 Å². The van der Waals surface area contributed by atoms with Crippen molar-refractivity contribution in [3.63, 3.8) is 0 Å². The first kappa shape index (κ1) is 13.8. The fraction of sp³-hybridized carbons (Fsp3) is 0.571. The van der Waals surface area contributed by atoms with Gasteiger partial charge in [0.25, 0.3) is 5.91 Å². The van der Waals surface area contributed by atoms with Crippen LogP contribution >= 0.6 is 0 Å². The molecule has 5 nitrogen and oxygen atoms in total. The summed E-state index contributed by atoms with van der Waals surface area (Å²) >= 11 is 0. The first-order valence-corrected chi connectivity index (χ1v) is 6.54. The van der Waals surface area contributed by atoms with Gasteiger partial charge in [0.1, 0.15) is 11.4 Å². The molecule has 1 saturated heterocycles. The lowest BCUT2D eigenvalue weighted by atomic mass is 10.0. The van der Waals surface area contributed by atoms with Crippen LogP contribution in [0.25, 0.3) is 0 Å². The zero-order chi connectivity index (χ0) is 13.8. The van der Waals surface area contributed by atoms with Crippen molar-refractivity contribution >= 4 is 5.91 Å². The van der Waals surface area contributed by atoms with Gasteiger partial charge < -0.3 is 14.4 Å². The molecule has 2 rings (SSSR count). The molecule has 5 heteroatoms. The van der Waals surface area contributed by atoms with Crippen molar-refractivity contribution in [2.24, 2.45) is 0 Å². The van der Waals surface area contributed by atoms with Crippen molar-refractivity contribution in [1.29, 1.82) is 0 Å². The monoisotopic (exact) mass is 264 g/mol. The summed E-state index contributed by atoms with van der Waals surface area (Å²) in [7, 11) is 1.65. The van der Waals surface area contributed by atoms with Gasteiger partial charge in [-0.15, -0.1) is 0 Å². The van der Waals surface area contributed by atoms with Gasteiger partial charge in [-0.2, -0.15) is 0 Å². The van der Waals surface area contributed by atoms with Gasteiger partial charge in [0.05, 0.1) is 24.9 Å². The highest BCUT2D eigenvalue weighted by Gasteiger charge is 2.33. The Morgan fingerprint density at radius 2 is 2.32 bits per heavy atom. The standard InChI is InChI=1S/C14H20N2O3/c1-10(2)19-12-4-5-13(15-8-12)14(17)16-7-6-11(16)9-18-3/h4-5,8,10-11H,6-7,9H2,1-3H3. The Morgan fingerprint density at radius 1 is 1.53 bits per heavy atom. The predicted octanol–water partition coefficient (Wildman–Crippen LogP) is 1.73. The summed E-state index contributed by atoms with van der Waals surface area (Å²) in [6.07, 6.45) is 2.69. The molecule has 0 aromatic carbocycles. The number of amides is 1. The highest BCUT2D eigenvalue weighted by molar-refractivity contribution is 5.93. The molecule has 2 heterocycles. The van der Waals surface area contributed by atoms with E-state index in [2.05, 4.69) is 4.98 Å². The first-order chi connectivity index (χ1) is 9.11. The number of nitrogens with zero attached hydrogens (tertiary/aromatic N) is 2. The van der Waals surface area contributed by atoms with Crippen molar-refractivity contribution < 1.29 is 14.3 Å². The van der Waals surface area contributed by atoms with Crippen LogP contribution in [0.5, 0.6) is 5.75 Å². The molecular weight excluding hydrogens is 244 g/mol. The number of aromatic nitrogens is 1. The minimum atomic E-state index is -0.0376. The Morgan fingerprint density at radius 3 is 2.79 bits per heavy atom. The molecule has 0 radical (unpaired) electrons. The second kappa shape index (κ2) is 6.02. The van der Waals surface area contributed by atoms with E-state index in [0.29, 0.717) is 18.1 Å². The highest BCUT2D eigenvalue weighted by Crippen LogP contribution is 2.21. The second-order valence-electron chi connectivity index (χ2n) is 4.94. The maximum absolute atomic E-state index is 12.2. The summed E-state index contributed by atoms with van der Waals surface area (Å²) in [6.45, 7) is 5.27. The van der Waals surface area contributed by atoms with Crippen LogP contribution in [0.2, 0.25) is 0 Å². The third-order valence-electron chi connectivity index (χ3n) is 3.09. The molecule has 0 bridgehead atoms. The number of hydrogen-bond acceptors (Lipinski definition) is 4. The minimum Gasteiger partial charge on any atom is -0.489 e. The largest absolute Gasteiger partial charge is 0.489 e. The van der Waals surface area contributed by atoms with E-state index in [1.54, 1.807) is 30.3 Å². The zero-order valence-electron chi connectivity index (χ0n) is 11.6. The average Bonchev–Trinajstić information content (AvgIpc) is 2.34. The lowest BCUT2D eigenvalue weighted by Gasteiger charge is -2.40. The number of rotatable bonds is 5. The third-order valence-corrected chi connectivity index (χ3v) is 3.09. The van der Waals surface area contributed by atoms with E-state index in [1.807, 2.05) is 13.8 Å². The first-order valence-electron chi connectivity index (χ1n) is 6.54. The van der Waals surface area contributed by atoms with Gasteiger partial charge in [0.2, 0.25) is 0 Å². The van der Waals surface area contributed by atoms with Crippen molar-refractivity contribution in [3.05, 3.63) is 24.0 Å². The van der Waals surface area contributed by atoms with E-state index >= 15 is 0 Å². The molecule has 1 atom stereocenters. The quantitative estimate of drug-likeness (QED) is 0.812. The van der Waals surface area contributed by atoms with E-state index < -0.39 is 0 Å². The predicted molar refractivity (Wildman–Crippen MR) is 71.3 cm³/mol. The maximum atomic E-state index is 12.2. The van der Waals surface area contributed by atoms with Crippen LogP contribution in [0.1, 0.15) is 30.8 Å². The fourth-order valence-electron chi connectivity index (χ4n) is 2.07. The molecule has 19 heavy (non-hydrogen) atoms. The normalized spacial score (nSPS) is 18.3. The van der Waals surface area contributed by atoms with Crippen molar-refractivity contribution in [2.75, 3.05) is 20.3 Å². The number of carbonyl (C=O) groups excluding carboxylic acids is 1. The van der Waals surface area contributed by atoms with E-state index in [-0.39, 0.29) is 18.1 Å². The van der Waals surface area contributed by atoms with Gasteiger partial charge in [0, 0.05) is 13.7 Å². The highest BCUT2D eigenvalue weighted by atomic mass is 16.5. The van der Waals surface area contributed by atoms with E-state index in [9.17, 15) is 4.79 Å². The third kappa shape index (κ3) is 3.23. The van der Waals surface area contributed by atoms with Crippen molar-refractivity contribution in [3.8, 4) is 5.75 Å². The zero-order valence-corrected chi connectivity index (χ0v) is 11.6. The number of carbonyl (C=O) groups is 1. The second-order valence-corrected chi connectivity index (χ2v) is 4.94. The van der Waals surface area contributed by atoms with Crippen molar-refractivity contribution in [1.82, 2.24) is 9.88 Å². The lowest BCUT2D eigenvalue weighted by molar-refractivity contribution is 0.0197. The summed E-state index contributed by atoms with van der Waals surface area (Å²) in [6, 6.07) is 3.68. The fourth-order valence-corrected chi connectivity index (χ4v) is 2.07. The average molecular weight is 264 g/mol. The van der Waals surface area contributed by atoms with Gasteiger partial charge in [-0.25, -0.2) is 4.98 Å². The van der Waals surface area contributed by atoms with Crippen LogP contribution in [0.3, 0.4) is 0 Å². The summed E-state index contributed by atoms with van der Waals surface area (Å²) in [5, 5.41) is 0. The van der Waals surface area contributed by atoms with Crippen LogP contribution in [0.15, 0.2) is 18.3 Å². The van der Waals surface area contributed by atoms with Gasteiger partial charge >= 0.3 is 0 Å². The Kier molecular flexibility index (Phi) is 4.37. The summed E-state index contributed by atoms with van der Waals surface area (Å²) in [4.78, 5) is 18.2. The van der Waals surface area contributed by atoms with E-state index in [1.165, 1.54) is 0 Å². The molecule has 1 aliphatic rings. The van der Waals surface area contributed by atoms with E-state index in [4.69, 9.17) is 9.47 Å². The summed E-state index contributed by atoms with van der Waals surface area (Å²) in [5.74, 6) is 0.646. The summed E-state index contributed by atoms with van der Waals surface area (Å²) < 4.78 is 10.6. The van der Waals surface area contributed by atoms with Gasteiger partial charge in [-0.3, -0.25) is 4.79 Å². The molecule has 0 aliphatic carbocycles. The minimum absolute atomic E-state index is 0.0376. The molecule has 0 spiro atoms. The van der Waals surface area contributed by atoms with Gasteiger partial charge in [-0.1, -0.05) is 0 Å². The van der Waals surface area contributed by atoms with Crippen LogP contribution in [0.4, 0.5) is 0 Å². The Balaban J connectivity index is 1.99. The smallest absolute Gasteiger partial charge is 0.272 e. The Hall–Kier alpha value is -1.62. The van der Waals surface area contributed by atoms with Crippen LogP contribution in [-0.4, -0.2) is 48.2 Å². The molecule has 1 aliphatic heterocycles. The summed E-state index contributed by atoms with van der Waals surface area (Å²) in [5.41, 5.74) is 0.455. The van der Waals surface area contributed by atoms with Crippen LogP contribution in [-0.2, 0) is 4.74 Å². The molecular formula is C14H20N2O3. The van der Waals surface area contributed by atoms with E-state index in [0.717, 1.165) is 13.0 Å². The molecule has 1 amide bonds. The molecule has 1 aromatic heterocycles.